The third kappa shape index (κ3) is 3.85. The van der Waals surface area contributed by atoms with E-state index in [1.54, 1.807) is 66.5 Å². The molecule has 0 aromatic heterocycles. The molecule has 3 rings (SSSR count). The monoisotopic (exact) mass is 380 g/mol. The highest BCUT2D eigenvalue weighted by Gasteiger charge is 2.21. The molecule has 27 heavy (non-hydrogen) atoms. The van der Waals surface area contributed by atoms with Crippen LogP contribution in [0.5, 0.6) is 0 Å². The van der Waals surface area contributed by atoms with Crippen molar-refractivity contribution in [3.05, 3.63) is 90.5 Å². The molecule has 0 aliphatic heterocycles. The normalized spacial score (nSPS) is 11.0. The van der Waals surface area contributed by atoms with E-state index in [2.05, 4.69) is 0 Å². The lowest BCUT2D eigenvalue weighted by Gasteiger charge is -2.21. The maximum absolute atomic E-state index is 12.7. The largest absolute Gasteiger partial charge is 0.311 e. The molecule has 0 aliphatic carbocycles. The van der Waals surface area contributed by atoms with Crippen LogP contribution >= 0.6 is 0 Å². The van der Waals surface area contributed by atoms with Crippen molar-refractivity contribution in [2.45, 2.75) is 4.90 Å². The van der Waals surface area contributed by atoms with Gasteiger partial charge in [0, 0.05) is 25.3 Å². The molecule has 0 aliphatic rings. The van der Waals surface area contributed by atoms with E-state index < -0.39 is 10.0 Å². The standard InChI is InChI=1S/C21H20N2O3S/c1-22(18-9-5-3-6-10-18)21(24)17-13-15-19(16-14-17)23(2)27(25,26)20-11-7-4-8-12-20/h3-16H,1-2H3. The van der Waals surface area contributed by atoms with Crippen LogP contribution in [-0.2, 0) is 10.0 Å². The molecule has 0 spiro atoms. The predicted molar refractivity (Wildman–Crippen MR) is 108 cm³/mol. The highest BCUT2D eigenvalue weighted by molar-refractivity contribution is 7.92. The zero-order valence-electron chi connectivity index (χ0n) is 15.1. The summed E-state index contributed by atoms with van der Waals surface area (Å²) in [5.41, 5.74) is 1.75. The Labute approximate surface area is 159 Å². The van der Waals surface area contributed by atoms with E-state index in [4.69, 9.17) is 0 Å². The van der Waals surface area contributed by atoms with Crippen molar-refractivity contribution in [1.82, 2.24) is 0 Å². The zero-order chi connectivity index (χ0) is 19.4. The number of benzene rings is 3. The van der Waals surface area contributed by atoms with Gasteiger partial charge < -0.3 is 4.90 Å². The van der Waals surface area contributed by atoms with Gasteiger partial charge in [-0.25, -0.2) is 8.42 Å². The fourth-order valence-corrected chi connectivity index (χ4v) is 3.88. The molecule has 0 radical (unpaired) electrons. The number of sulfonamides is 1. The average Bonchev–Trinajstić information content (AvgIpc) is 2.73. The van der Waals surface area contributed by atoms with E-state index in [0.717, 1.165) is 5.69 Å². The van der Waals surface area contributed by atoms with Crippen LogP contribution < -0.4 is 9.21 Å². The number of rotatable bonds is 5. The summed E-state index contributed by atoms with van der Waals surface area (Å²) in [7, 11) is -0.445. The summed E-state index contributed by atoms with van der Waals surface area (Å²) in [5.74, 6) is -0.165. The van der Waals surface area contributed by atoms with Crippen molar-refractivity contribution in [3.63, 3.8) is 0 Å². The summed E-state index contributed by atoms with van der Waals surface area (Å²) in [6.45, 7) is 0. The Morgan fingerprint density at radius 2 is 1.22 bits per heavy atom. The Hall–Kier alpha value is -3.12. The van der Waals surface area contributed by atoms with Crippen molar-refractivity contribution < 1.29 is 13.2 Å². The average molecular weight is 380 g/mol. The van der Waals surface area contributed by atoms with Gasteiger partial charge in [0.25, 0.3) is 15.9 Å². The molecule has 3 aromatic carbocycles. The summed E-state index contributed by atoms with van der Waals surface area (Å²) in [6.07, 6.45) is 0. The van der Waals surface area contributed by atoms with Gasteiger partial charge in [0.1, 0.15) is 0 Å². The second kappa shape index (κ2) is 7.63. The second-order valence-electron chi connectivity index (χ2n) is 6.03. The molecule has 0 unspecified atom stereocenters. The molecule has 0 saturated heterocycles. The zero-order valence-corrected chi connectivity index (χ0v) is 15.9. The van der Waals surface area contributed by atoms with Gasteiger partial charge in [-0.3, -0.25) is 9.10 Å². The van der Waals surface area contributed by atoms with Crippen LogP contribution in [0.15, 0.2) is 89.8 Å². The van der Waals surface area contributed by atoms with Crippen LogP contribution in [0, 0.1) is 0 Å². The first-order valence-corrected chi connectivity index (χ1v) is 9.82. The lowest BCUT2D eigenvalue weighted by molar-refractivity contribution is 0.0993. The quantitative estimate of drug-likeness (QED) is 0.677. The molecule has 6 heteroatoms. The lowest BCUT2D eigenvalue weighted by Crippen LogP contribution is -2.27. The first kappa shape index (κ1) is 18.7. The number of carbonyl (C=O) groups excluding carboxylic acids is 1. The molecule has 0 fully saturated rings. The smallest absolute Gasteiger partial charge is 0.264 e. The molecule has 0 atom stereocenters. The summed E-state index contributed by atoms with van der Waals surface area (Å²) < 4.78 is 26.6. The third-order valence-corrected chi connectivity index (χ3v) is 6.13. The van der Waals surface area contributed by atoms with E-state index in [-0.39, 0.29) is 10.8 Å². The van der Waals surface area contributed by atoms with E-state index in [0.29, 0.717) is 11.3 Å². The molecule has 0 saturated carbocycles. The summed E-state index contributed by atoms with van der Waals surface area (Å²) in [5, 5.41) is 0. The van der Waals surface area contributed by atoms with Crippen LogP contribution in [0.2, 0.25) is 0 Å². The van der Waals surface area contributed by atoms with Crippen LogP contribution in [0.1, 0.15) is 10.4 Å². The van der Waals surface area contributed by atoms with Gasteiger partial charge in [0.05, 0.1) is 10.6 Å². The van der Waals surface area contributed by atoms with E-state index >= 15 is 0 Å². The van der Waals surface area contributed by atoms with E-state index in [9.17, 15) is 13.2 Å². The molecular formula is C21H20N2O3S. The minimum absolute atomic E-state index is 0.165. The van der Waals surface area contributed by atoms with Gasteiger partial charge in [-0.15, -0.1) is 0 Å². The second-order valence-corrected chi connectivity index (χ2v) is 8.00. The van der Waals surface area contributed by atoms with Crippen LogP contribution in [-0.4, -0.2) is 28.4 Å². The van der Waals surface area contributed by atoms with Gasteiger partial charge in [0.2, 0.25) is 0 Å². The molecule has 0 N–H and O–H groups in total. The fourth-order valence-electron chi connectivity index (χ4n) is 2.67. The van der Waals surface area contributed by atoms with Crippen molar-refractivity contribution in [2.24, 2.45) is 0 Å². The third-order valence-electron chi connectivity index (χ3n) is 4.33. The Morgan fingerprint density at radius 1 is 0.704 bits per heavy atom. The van der Waals surface area contributed by atoms with Crippen molar-refractivity contribution in [3.8, 4) is 0 Å². The Kier molecular flexibility index (Phi) is 5.28. The summed E-state index contributed by atoms with van der Waals surface area (Å²) >= 11 is 0. The van der Waals surface area contributed by atoms with Crippen molar-refractivity contribution in [1.29, 1.82) is 0 Å². The van der Waals surface area contributed by atoms with Crippen LogP contribution in [0.4, 0.5) is 11.4 Å². The van der Waals surface area contributed by atoms with Gasteiger partial charge in [-0.05, 0) is 48.5 Å². The minimum Gasteiger partial charge on any atom is -0.311 e. The van der Waals surface area contributed by atoms with Crippen LogP contribution in [0.3, 0.4) is 0 Å². The van der Waals surface area contributed by atoms with E-state index in [1.165, 1.54) is 11.4 Å². The molecule has 138 valence electrons. The van der Waals surface area contributed by atoms with Crippen molar-refractivity contribution in [2.75, 3.05) is 23.3 Å². The molecule has 0 heterocycles. The van der Waals surface area contributed by atoms with E-state index in [1.807, 2.05) is 30.3 Å². The minimum atomic E-state index is -3.65. The molecule has 5 nitrogen and oxygen atoms in total. The number of nitrogens with zero attached hydrogens (tertiary/aromatic N) is 2. The Balaban J connectivity index is 1.82. The fraction of sp³-hybridized carbons (Fsp3) is 0.0952. The predicted octanol–water partition coefficient (Wildman–Crippen LogP) is 3.79. The number of anilines is 2. The highest BCUT2D eigenvalue weighted by Crippen LogP contribution is 2.23. The lowest BCUT2D eigenvalue weighted by atomic mass is 10.1. The highest BCUT2D eigenvalue weighted by atomic mass is 32.2. The molecular weight excluding hydrogens is 360 g/mol. The van der Waals surface area contributed by atoms with Crippen molar-refractivity contribution >= 4 is 27.3 Å². The molecule has 0 bridgehead atoms. The van der Waals surface area contributed by atoms with Crippen LogP contribution in [0.25, 0.3) is 0 Å². The number of hydrogen-bond acceptors (Lipinski definition) is 3. The maximum Gasteiger partial charge on any atom is 0.264 e. The first-order chi connectivity index (χ1) is 12.9. The SMILES string of the molecule is CN(C(=O)c1ccc(N(C)S(=O)(=O)c2ccccc2)cc1)c1ccccc1. The van der Waals surface area contributed by atoms with Gasteiger partial charge in [-0.1, -0.05) is 36.4 Å². The summed E-state index contributed by atoms with van der Waals surface area (Å²) in [6, 6.07) is 24.1. The summed E-state index contributed by atoms with van der Waals surface area (Å²) in [4.78, 5) is 14.4. The Morgan fingerprint density at radius 3 is 1.78 bits per heavy atom. The molecule has 1 amide bonds. The number of hydrogen-bond donors (Lipinski definition) is 0. The Bertz CT molecular complexity index is 1020. The first-order valence-electron chi connectivity index (χ1n) is 8.38. The number of para-hydroxylation sites is 1. The number of carbonyl (C=O) groups is 1. The molecule has 3 aromatic rings. The topological polar surface area (TPSA) is 57.7 Å². The maximum atomic E-state index is 12.7. The number of amides is 1. The van der Waals surface area contributed by atoms with Gasteiger partial charge >= 0.3 is 0 Å². The van der Waals surface area contributed by atoms with Gasteiger partial charge in [0.15, 0.2) is 0 Å². The van der Waals surface area contributed by atoms with Gasteiger partial charge in [-0.2, -0.15) is 0 Å².